The summed E-state index contributed by atoms with van der Waals surface area (Å²) in [5, 5.41) is 47.6. The zero-order valence-corrected chi connectivity index (χ0v) is 22.2. The third kappa shape index (κ3) is 4.81. The van der Waals surface area contributed by atoms with E-state index in [4.69, 9.17) is 10.5 Å². The van der Waals surface area contributed by atoms with Gasteiger partial charge in [-0.15, -0.1) is 0 Å². The van der Waals surface area contributed by atoms with Crippen LogP contribution in [-0.2, 0) is 36.9 Å². The smallest absolute Gasteiger partial charge is 0.320 e. The number of nitrogens with one attached hydrogen (secondary N) is 1. The molecule has 1 saturated carbocycles. The molecular formula is C28H37N3O9. The molecule has 1 aromatic rings. The molecule has 7 N–H and O–H groups in total. The molecule has 218 valence electrons. The van der Waals surface area contributed by atoms with Gasteiger partial charge in [0.15, 0.2) is 11.4 Å². The molecule has 0 aromatic heterocycles. The van der Waals surface area contributed by atoms with Gasteiger partial charge < -0.3 is 41.1 Å². The molecule has 0 unspecified atom stereocenters. The summed E-state index contributed by atoms with van der Waals surface area (Å²) in [5.41, 5.74) is 3.11. The number of phenolic OH excluding ortho intramolecular Hbond substituents is 1. The molecule has 3 aliphatic rings. The van der Waals surface area contributed by atoms with E-state index in [1.807, 2.05) is 0 Å². The molecule has 1 aromatic carbocycles. The number of phenols is 1. The summed E-state index contributed by atoms with van der Waals surface area (Å²) in [4.78, 5) is 51.7. The lowest BCUT2D eigenvalue weighted by molar-refractivity contribution is -0.148. The number of primary amides is 1. The van der Waals surface area contributed by atoms with Crippen LogP contribution in [0.25, 0.3) is 5.76 Å². The number of esters is 1. The standard InChI is InChI=1S/C27H33N3O9.CH4/c1-11(2)39-18(32)10-29-9-13-7-16(30(3)4)15-6-12-5-14-8-17(31)21(26(28)37)25(36)27(14,38)24(35)19(12)23(34)20(15)22(13)33;/h7,11-12,14,29,33-34,36,38H,5-6,8-10H2,1-4H3,(H2,28,37);1H4/t12-,14+,27+;/m1./s1. The van der Waals surface area contributed by atoms with Crippen LogP contribution in [0.4, 0.5) is 5.69 Å². The third-order valence-electron chi connectivity index (χ3n) is 7.55. The molecule has 12 heteroatoms. The summed E-state index contributed by atoms with van der Waals surface area (Å²) in [5.74, 6) is -7.23. The van der Waals surface area contributed by atoms with Crippen LogP contribution < -0.4 is 16.0 Å². The number of hydrogen-bond acceptors (Lipinski definition) is 11. The predicted molar refractivity (Wildman–Crippen MR) is 145 cm³/mol. The molecule has 1 amide bonds. The van der Waals surface area contributed by atoms with Crippen LogP contribution in [0.15, 0.2) is 23.0 Å². The maximum atomic E-state index is 13.7. The predicted octanol–water partition coefficient (Wildman–Crippen LogP) is 1.17. The Morgan fingerprint density at radius 2 is 1.85 bits per heavy atom. The van der Waals surface area contributed by atoms with Crippen molar-refractivity contribution in [3.63, 3.8) is 0 Å². The van der Waals surface area contributed by atoms with Crippen molar-refractivity contribution in [2.24, 2.45) is 17.6 Å². The van der Waals surface area contributed by atoms with Crippen molar-refractivity contribution >= 4 is 34.9 Å². The molecule has 3 atom stereocenters. The van der Waals surface area contributed by atoms with E-state index in [9.17, 15) is 39.6 Å². The van der Waals surface area contributed by atoms with Crippen molar-refractivity contribution in [1.82, 2.24) is 5.32 Å². The molecule has 0 spiro atoms. The molecular weight excluding hydrogens is 522 g/mol. The SMILES string of the molecule is C.CC(C)OC(=O)CNCc1cc(N(C)C)c2c(c1O)C(O)=C1C(=O)[C@]3(O)C(O)=C(C(N)=O)C(=O)C[C@@H]3C[C@@H]1C2. The van der Waals surface area contributed by atoms with Crippen LogP contribution in [0.3, 0.4) is 0 Å². The number of nitrogens with two attached hydrogens (primary N) is 1. The van der Waals surface area contributed by atoms with Gasteiger partial charge in [0.1, 0.15) is 22.8 Å². The molecule has 3 aliphatic carbocycles. The zero-order valence-electron chi connectivity index (χ0n) is 22.2. The van der Waals surface area contributed by atoms with Gasteiger partial charge in [0.25, 0.3) is 5.91 Å². The van der Waals surface area contributed by atoms with Gasteiger partial charge >= 0.3 is 5.97 Å². The van der Waals surface area contributed by atoms with Crippen LogP contribution in [0, 0.1) is 11.8 Å². The average molecular weight is 560 g/mol. The zero-order chi connectivity index (χ0) is 29.0. The Balaban J connectivity index is 0.00000441. The molecule has 0 radical (unpaired) electrons. The minimum Gasteiger partial charge on any atom is -0.508 e. The minimum absolute atomic E-state index is 0. The van der Waals surface area contributed by atoms with Gasteiger partial charge in [0.05, 0.1) is 18.2 Å². The van der Waals surface area contributed by atoms with Crippen molar-refractivity contribution < 1.29 is 44.3 Å². The Labute approximate surface area is 232 Å². The molecule has 40 heavy (non-hydrogen) atoms. The number of carbonyl (C=O) groups is 4. The normalized spacial score (nSPS) is 23.8. The Kier molecular flexibility index (Phi) is 8.37. The number of fused-ring (bicyclic) bond motifs is 3. The number of carbonyl (C=O) groups excluding carboxylic acids is 4. The number of ketones is 2. The highest BCUT2D eigenvalue weighted by Crippen LogP contribution is 2.53. The second-order valence-electron chi connectivity index (χ2n) is 10.7. The van der Waals surface area contributed by atoms with E-state index in [1.165, 1.54) is 0 Å². The van der Waals surface area contributed by atoms with E-state index in [0.717, 1.165) is 0 Å². The maximum absolute atomic E-state index is 13.7. The van der Waals surface area contributed by atoms with Gasteiger partial charge in [0, 0.05) is 49.8 Å². The molecule has 0 heterocycles. The van der Waals surface area contributed by atoms with Crippen molar-refractivity contribution in [3.8, 4) is 5.75 Å². The fourth-order valence-corrected chi connectivity index (χ4v) is 5.86. The minimum atomic E-state index is -2.62. The van der Waals surface area contributed by atoms with E-state index in [-0.39, 0.29) is 62.8 Å². The van der Waals surface area contributed by atoms with Crippen LogP contribution in [-0.4, -0.2) is 76.2 Å². The second-order valence-corrected chi connectivity index (χ2v) is 10.7. The Morgan fingerprint density at radius 3 is 2.42 bits per heavy atom. The van der Waals surface area contributed by atoms with Gasteiger partial charge in [0.2, 0.25) is 5.78 Å². The van der Waals surface area contributed by atoms with Crippen LogP contribution in [0.2, 0.25) is 0 Å². The fourth-order valence-electron chi connectivity index (χ4n) is 5.86. The first kappa shape index (κ1) is 30.6. The first-order chi connectivity index (χ1) is 18.2. The number of benzene rings is 1. The molecule has 0 bridgehead atoms. The summed E-state index contributed by atoms with van der Waals surface area (Å²) in [6, 6.07) is 1.71. The van der Waals surface area contributed by atoms with Crippen molar-refractivity contribution in [3.05, 3.63) is 39.7 Å². The summed E-state index contributed by atoms with van der Waals surface area (Å²) in [6.07, 6.45) is -0.411. The van der Waals surface area contributed by atoms with Gasteiger partial charge in [-0.05, 0) is 44.2 Å². The van der Waals surface area contributed by atoms with E-state index in [1.54, 1.807) is 38.9 Å². The number of ether oxygens (including phenoxy) is 1. The highest BCUT2D eigenvalue weighted by atomic mass is 16.5. The van der Waals surface area contributed by atoms with E-state index < -0.39 is 58.0 Å². The average Bonchev–Trinajstić information content (AvgIpc) is 2.81. The van der Waals surface area contributed by atoms with Gasteiger partial charge in [-0.3, -0.25) is 19.2 Å². The maximum Gasteiger partial charge on any atom is 0.320 e. The van der Waals surface area contributed by atoms with Gasteiger partial charge in [-0.25, -0.2) is 0 Å². The second kappa shape index (κ2) is 10.9. The topological polar surface area (TPSA) is 200 Å². The fraction of sp³-hybridized carbons (Fsp3) is 0.500. The van der Waals surface area contributed by atoms with E-state index >= 15 is 0 Å². The summed E-state index contributed by atoms with van der Waals surface area (Å²) in [6.45, 7) is 3.36. The lowest BCUT2D eigenvalue weighted by Gasteiger charge is -2.46. The number of rotatable bonds is 7. The summed E-state index contributed by atoms with van der Waals surface area (Å²) < 4.78 is 5.09. The number of hydrogen-bond donors (Lipinski definition) is 6. The van der Waals surface area contributed by atoms with Crippen molar-refractivity contribution in [2.45, 2.75) is 58.8 Å². The lowest BCUT2D eigenvalue weighted by atomic mass is 9.59. The number of aliphatic hydroxyl groups is 3. The number of aliphatic hydroxyl groups excluding tert-OH is 2. The Bertz CT molecular complexity index is 1340. The number of nitrogens with zero attached hydrogens (tertiary/aromatic N) is 1. The number of anilines is 1. The summed E-state index contributed by atoms with van der Waals surface area (Å²) in [7, 11) is 3.55. The Morgan fingerprint density at radius 1 is 1.20 bits per heavy atom. The monoisotopic (exact) mass is 559 g/mol. The van der Waals surface area contributed by atoms with E-state index in [2.05, 4.69) is 5.32 Å². The molecule has 1 fully saturated rings. The van der Waals surface area contributed by atoms with E-state index in [0.29, 0.717) is 16.8 Å². The van der Waals surface area contributed by atoms with Crippen LogP contribution in [0.1, 0.15) is 50.8 Å². The number of aromatic hydroxyl groups is 1. The largest absolute Gasteiger partial charge is 0.508 e. The molecule has 0 aliphatic heterocycles. The quantitative estimate of drug-likeness (QED) is 0.207. The van der Waals surface area contributed by atoms with Crippen molar-refractivity contribution in [1.29, 1.82) is 0 Å². The van der Waals surface area contributed by atoms with Gasteiger partial charge in [-0.1, -0.05) is 7.43 Å². The van der Waals surface area contributed by atoms with Gasteiger partial charge in [-0.2, -0.15) is 0 Å². The molecule has 12 nitrogen and oxygen atoms in total. The highest BCUT2D eigenvalue weighted by Gasteiger charge is 2.60. The number of amides is 1. The van der Waals surface area contributed by atoms with Crippen molar-refractivity contribution in [2.75, 3.05) is 25.5 Å². The molecule has 4 rings (SSSR count). The van der Waals surface area contributed by atoms with Crippen LogP contribution in [0.5, 0.6) is 5.75 Å². The van der Waals surface area contributed by atoms with Crippen LogP contribution >= 0.6 is 0 Å². The Hall–Kier alpha value is -3.90. The first-order valence-corrected chi connectivity index (χ1v) is 12.6. The highest BCUT2D eigenvalue weighted by molar-refractivity contribution is 6.22. The lowest BCUT2D eigenvalue weighted by Crippen LogP contribution is -2.58. The third-order valence-corrected chi connectivity index (χ3v) is 7.55. The first-order valence-electron chi connectivity index (χ1n) is 12.6. The molecule has 0 saturated heterocycles. The summed E-state index contributed by atoms with van der Waals surface area (Å²) >= 11 is 0. The number of Topliss-reactive ketones (excluding diaryl/α,β-unsaturated/α-hetero) is 2.